The Morgan fingerprint density at radius 3 is 2.71 bits per heavy atom. The topological polar surface area (TPSA) is 46.6 Å². The molecule has 88 valence electrons. The third kappa shape index (κ3) is 1.82. The van der Waals surface area contributed by atoms with Crippen LogP contribution in [-0.4, -0.2) is 19.0 Å². The van der Waals surface area contributed by atoms with Crippen molar-refractivity contribution in [3.63, 3.8) is 0 Å². The zero-order valence-electron chi connectivity index (χ0n) is 9.82. The first-order valence-electron chi connectivity index (χ1n) is 5.24. The van der Waals surface area contributed by atoms with Crippen molar-refractivity contribution in [3.8, 4) is 0 Å². The van der Waals surface area contributed by atoms with Crippen molar-refractivity contribution in [3.05, 3.63) is 41.6 Å². The van der Waals surface area contributed by atoms with Gasteiger partial charge in [0.05, 0.1) is 18.4 Å². The molecule has 17 heavy (non-hydrogen) atoms. The van der Waals surface area contributed by atoms with Crippen LogP contribution in [-0.2, 0) is 16.0 Å². The molecular weight excluding hydrogens is 218 g/mol. The maximum Gasteiger partial charge on any atom is 0.337 e. The van der Waals surface area contributed by atoms with Gasteiger partial charge in [0.25, 0.3) is 0 Å². The fourth-order valence-electron chi connectivity index (χ4n) is 2.03. The van der Waals surface area contributed by atoms with Gasteiger partial charge in [-0.15, -0.1) is 0 Å². The highest BCUT2D eigenvalue weighted by Gasteiger charge is 2.26. The van der Waals surface area contributed by atoms with Gasteiger partial charge in [-0.25, -0.2) is 4.79 Å². The largest absolute Gasteiger partial charge is 0.465 e. The summed E-state index contributed by atoms with van der Waals surface area (Å²) in [6.07, 6.45) is 0.635. The van der Waals surface area contributed by atoms with Crippen LogP contribution in [0.3, 0.4) is 0 Å². The molecule has 1 aromatic carbocycles. The molecule has 4 nitrogen and oxygen atoms in total. The molecule has 0 saturated carbocycles. The smallest absolute Gasteiger partial charge is 0.337 e. The fraction of sp³-hybridized carbons (Fsp3) is 0.231. The molecule has 1 aliphatic rings. The van der Waals surface area contributed by atoms with Crippen molar-refractivity contribution >= 4 is 17.6 Å². The highest BCUT2D eigenvalue weighted by atomic mass is 16.5. The zero-order valence-corrected chi connectivity index (χ0v) is 9.82. The Balaban J connectivity index is 2.49. The van der Waals surface area contributed by atoms with Crippen molar-refractivity contribution in [2.45, 2.75) is 13.3 Å². The average molecular weight is 231 g/mol. The van der Waals surface area contributed by atoms with Gasteiger partial charge in [-0.1, -0.05) is 12.6 Å². The summed E-state index contributed by atoms with van der Waals surface area (Å²) in [6, 6.07) is 5.19. The number of ether oxygens (including phenoxy) is 1. The molecule has 1 aromatic rings. The van der Waals surface area contributed by atoms with Crippen molar-refractivity contribution in [2.75, 3.05) is 12.0 Å². The first-order valence-corrected chi connectivity index (χ1v) is 5.24. The Bertz CT molecular complexity index is 519. The molecule has 0 atom stereocenters. The van der Waals surface area contributed by atoms with Gasteiger partial charge < -0.3 is 4.74 Å². The summed E-state index contributed by atoms with van der Waals surface area (Å²) in [4.78, 5) is 24.5. The summed E-state index contributed by atoms with van der Waals surface area (Å²) >= 11 is 0. The number of fused-ring (bicyclic) bond motifs is 1. The number of amides is 1. The lowest BCUT2D eigenvalue weighted by molar-refractivity contribution is -0.116. The van der Waals surface area contributed by atoms with E-state index in [4.69, 9.17) is 0 Å². The Labute approximate surface area is 99.5 Å². The summed E-state index contributed by atoms with van der Waals surface area (Å²) in [6.45, 7) is 5.33. The number of esters is 1. The van der Waals surface area contributed by atoms with Crippen LogP contribution in [0, 0.1) is 0 Å². The molecule has 0 radical (unpaired) electrons. The second-order valence-electron chi connectivity index (χ2n) is 3.93. The van der Waals surface area contributed by atoms with Crippen molar-refractivity contribution in [2.24, 2.45) is 0 Å². The minimum atomic E-state index is -0.409. The van der Waals surface area contributed by atoms with Crippen LogP contribution in [0.25, 0.3) is 0 Å². The number of rotatable bonds is 1. The average Bonchev–Trinajstić information content (AvgIpc) is 2.62. The maximum atomic E-state index is 11.5. The summed E-state index contributed by atoms with van der Waals surface area (Å²) < 4.78 is 4.65. The number of methoxy groups -OCH3 is 1. The number of anilines is 1. The third-order valence-electron chi connectivity index (χ3n) is 2.77. The van der Waals surface area contributed by atoms with Crippen LogP contribution in [0.1, 0.15) is 22.8 Å². The first kappa shape index (κ1) is 11.4. The number of allylic oxidation sites excluding steroid dienone is 1. The SMILES string of the molecule is C=C1Cc2ccc(C(=O)OC)cc2N1C(C)=O. The quantitative estimate of drug-likeness (QED) is 0.693. The van der Waals surface area contributed by atoms with E-state index < -0.39 is 5.97 Å². The molecule has 0 aromatic heterocycles. The summed E-state index contributed by atoms with van der Waals surface area (Å²) in [5.41, 5.74) is 2.89. The summed E-state index contributed by atoms with van der Waals surface area (Å²) in [7, 11) is 1.33. The second kappa shape index (κ2) is 4.05. The molecule has 1 heterocycles. The van der Waals surface area contributed by atoms with Crippen LogP contribution >= 0.6 is 0 Å². The van der Waals surface area contributed by atoms with E-state index in [9.17, 15) is 9.59 Å². The number of carbonyl (C=O) groups is 2. The highest BCUT2D eigenvalue weighted by molar-refractivity contribution is 5.99. The summed E-state index contributed by atoms with van der Waals surface area (Å²) in [5.74, 6) is -0.510. The van der Waals surface area contributed by atoms with E-state index >= 15 is 0 Å². The molecule has 0 aliphatic carbocycles. The normalized spacial score (nSPS) is 13.5. The van der Waals surface area contributed by atoms with Crippen LogP contribution in [0.5, 0.6) is 0 Å². The lowest BCUT2D eigenvalue weighted by atomic mass is 10.1. The van der Waals surface area contributed by atoms with Gasteiger partial charge in [0.2, 0.25) is 5.91 Å². The Kier molecular flexibility index (Phi) is 2.71. The van der Waals surface area contributed by atoms with Gasteiger partial charge in [0, 0.05) is 19.0 Å². The van der Waals surface area contributed by atoms with E-state index in [-0.39, 0.29) is 5.91 Å². The maximum absolute atomic E-state index is 11.5. The Morgan fingerprint density at radius 2 is 2.12 bits per heavy atom. The highest BCUT2D eigenvalue weighted by Crippen LogP contribution is 2.34. The molecule has 0 unspecified atom stereocenters. The summed E-state index contributed by atoms with van der Waals surface area (Å²) in [5, 5.41) is 0. The molecule has 2 rings (SSSR count). The van der Waals surface area contributed by atoms with Gasteiger partial charge in [-0.3, -0.25) is 9.69 Å². The van der Waals surface area contributed by atoms with Crippen LogP contribution in [0.4, 0.5) is 5.69 Å². The van der Waals surface area contributed by atoms with Gasteiger partial charge in [-0.05, 0) is 17.7 Å². The Hall–Kier alpha value is -2.10. The van der Waals surface area contributed by atoms with Gasteiger partial charge in [-0.2, -0.15) is 0 Å². The molecule has 1 aliphatic heterocycles. The lowest BCUT2D eigenvalue weighted by Gasteiger charge is -2.16. The van der Waals surface area contributed by atoms with Crippen molar-refractivity contribution in [1.29, 1.82) is 0 Å². The van der Waals surface area contributed by atoms with Gasteiger partial charge in [0.15, 0.2) is 0 Å². The van der Waals surface area contributed by atoms with E-state index in [1.807, 2.05) is 6.07 Å². The van der Waals surface area contributed by atoms with Gasteiger partial charge >= 0.3 is 5.97 Å². The monoisotopic (exact) mass is 231 g/mol. The molecule has 0 N–H and O–H groups in total. The van der Waals surface area contributed by atoms with Crippen LogP contribution < -0.4 is 4.90 Å². The number of hydrogen-bond donors (Lipinski definition) is 0. The lowest BCUT2D eigenvalue weighted by Crippen LogP contribution is -2.23. The van der Waals surface area contributed by atoms with E-state index in [0.29, 0.717) is 12.0 Å². The van der Waals surface area contributed by atoms with E-state index in [1.54, 1.807) is 12.1 Å². The van der Waals surface area contributed by atoms with E-state index in [0.717, 1.165) is 16.9 Å². The Morgan fingerprint density at radius 1 is 1.41 bits per heavy atom. The predicted octanol–water partition coefficient (Wildman–Crippen LogP) is 1.90. The van der Waals surface area contributed by atoms with Crippen molar-refractivity contribution < 1.29 is 14.3 Å². The molecule has 0 saturated heterocycles. The van der Waals surface area contributed by atoms with E-state index in [2.05, 4.69) is 11.3 Å². The first-order chi connectivity index (χ1) is 8.04. The van der Waals surface area contributed by atoms with Crippen LogP contribution in [0.2, 0.25) is 0 Å². The standard InChI is InChI=1S/C13H13NO3/c1-8-6-10-4-5-11(13(16)17-3)7-12(10)14(8)9(2)15/h4-5,7H,1,6H2,2-3H3. The number of nitrogens with zero attached hydrogens (tertiary/aromatic N) is 1. The molecule has 0 bridgehead atoms. The number of hydrogen-bond acceptors (Lipinski definition) is 3. The van der Waals surface area contributed by atoms with E-state index in [1.165, 1.54) is 18.9 Å². The molecule has 0 fully saturated rings. The molecule has 4 heteroatoms. The number of benzene rings is 1. The van der Waals surface area contributed by atoms with Gasteiger partial charge in [0.1, 0.15) is 0 Å². The van der Waals surface area contributed by atoms with Crippen LogP contribution in [0.15, 0.2) is 30.5 Å². The molecule has 1 amide bonds. The second-order valence-corrected chi connectivity index (χ2v) is 3.93. The minimum absolute atomic E-state index is 0.101. The minimum Gasteiger partial charge on any atom is -0.465 e. The molecule has 0 spiro atoms. The zero-order chi connectivity index (χ0) is 12.6. The van der Waals surface area contributed by atoms with Crippen molar-refractivity contribution in [1.82, 2.24) is 0 Å². The third-order valence-corrected chi connectivity index (χ3v) is 2.77. The molecular formula is C13H13NO3. The fourth-order valence-corrected chi connectivity index (χ4v) is 2.03. The predicted molar refractivity (Wildman–Crippen MR) is 63.8 cm³/mol. The number of carbonyl (C=O) groups excluding carboxylic acids is 2.